The van der Waals surface area contributed by atoms with Crippen LogP contribution in [0.2, 0.25) is 0 Å². The van der Waals surface area contributed by atoms with E-state index in [-0.39, 0.29) is 25.2 Å². The first-order valence-electron chi connectivity index (χ1n) is 7.47. The lowest BCUT2D eigenvalue weighted by atomic mass is 10.0. The van der Waals surface area contributed by atoms with Crippen molar-refractivity contribution < 1.29 is 35.8 Å². The van der Waals surface area contributed by atoms with Crippen LogP contribution in [-0.4, -0.2) is 31.9 Å². The Hall–Kier alpha value is -1.51. The molecule has 2 nitrogen and oxygen atoms in total. The predicted molar refractivity (Wildman–Crippen MR) is 87.3 cm³/mol. The highest BCUT2D eigenvalue weighted by Crippen LogP contribution is 2.22. The Labute approximate surface area is 152 Å². The zero-order valence-corrected chi connectivity index (χ0v) is 14.3. The highest BCUT2D eigenvalue weighted by atomic mass is 35.5. The second-order valence-corrected chi connectivity index (χ2v) is 5.50. The molecule has 9 heteroatoms. The van der Waals surface area contributed by atoms with Crippen LogP contribution in [0, 0.1) is 0 Å². The van der Waals surface area contributed by atoms with Crippen LogP contribution in [0.15, 0.2) is 42.5 Å². The lowest BCUT2D eigenvalue weighted by molar-refractivity contribution is -0.260. The summed E-state index contributed by atoms with van der Waals surface area (Å²) in [7, 11) is 0. The number of fused-ring (bicyclic) bond motifs is 1. The summed E-state index contributed by atoms with van der Waals surface area (Å²) in [6, 6.07) is 12.9. The Balaban J connectivity index is 0.00000338. The average molecular weight is 403 g/mol. The van der Waals surface area contributed by atoms with E-state index in [0.717, 1.165) is 16.3 Å². The summed E-state index contributed by atoms with van der Waals surface area (Å²) in [5, 5.41) is 1.92. The molecule has 146 valence electrons. The molecule has 0 spiro atoms. The van der Waals surface area contributed by atoms with Crippen LogP contribution in [0.5, 0.6) is 0 Å². The average Bonchev–Trinajstić information content (AvgIpc) is 2.52. The van der Waals surface area contributed by atoms with Crippen molar-refractivity contribution in [1.82, 2.24) is 0 Å². The van der Waals surface area contributed by atoms with Crippen LogP contribution in [-0.2, 0) is 15.9 Å². The molecule has 0 amide bonds. The van der Waals surface area contributed by atoms with E-state index < -0.39 is 31.9 Å². The fourth-order valence-electron chi connectivity index (χ4n) is 2.27. The molecule has 0 aliphatic carbocycles. The minimum Gasteiger partial charge on any atom is -0.343 e. The van der Waals surface area contributed by atoms with Gasteiger partial charge in [-0.25, -0.2) is 0 Å². The maximum Gasteiger partial charge on any atom is 0.411 e. The third-order valence-electron chi connectivity index (χ3n) is 3.35. The molecule has 0 aliphatic rings. The summed E-state index contributed by atoms with van der Waals surface area (Å²) in [6.45, 7) is -3.32. The van der Waals surface area contributed by atoms with Gasteiger partial charge in [0.1, 0.15) is 13.2 Å². The van der Waals surface area contributed by atoms with Crippen molar-refractivity contribution in [2.24, 2.45) is 0 Å². The molecule has 2 aromatic carbocycles. The van der Waals surface area contributed by atoms with Crippen molar-refractivity contribution in [3.8, 4) is 0 Å². The molecule has 0 fully saturated rings. The van der Waals surface area contributed by atoms with E-state index in [2.05, 4.69) is 9.47 Å². The van der Waals surface area contributed by atoms with Crippen LogP contribution in [0.3, 0.4) is 0 Å². The second-order valence-electron chi connectivity index (χ2n) is 5.50. The van der Waals surface area contributed by atoms with Gasteiger partial charge in [-0.1, -0.05) is 42.5 Å². The zero-order valence-electron chi connectivity index (χ0n) is 13.4. The summed E-state index contributed by atoms with van der Waals surface area (Å²) in [4.78, 5) is 0. The second kappa shape index (κ2) is 9.43. The number of benzene rings is 2. The van der Waals surface area contributed by atoms with Crippen LogP contribution >= 0.6 is 12.4 Å². The molecule has 0 bridgehead atoms. The maximum absolute atomic E-state index is 12.2. The van der Waals surface area contributed by atoms with Crippen LogP contribution in [0.4, 0.5) is 26.3 Å². The molecule has 0 atom stereocenters. The zero-order chi connectivity index (χ0) is 18.5. The number of hydrogen-bond acceptors (Lipinski definition) is 2. The van der Waals surface area contributed by atoms with Crippen molar-refractivity contribution in [3.05, 3.63) is 48.0 Å². The van der Waals surface area contributed by atoms with E-state index in [1.807, 2.05) is 36.4 Å². The third-order valence-corrected chi connectivity index (χ3v) is 3.35. The van der Waals surface area contributed by atoms with E-state index >= 15 is 0 Å². The third kappa shape index (κ3) is 8.25. The lowest BCUT2D eigenvalue weighted by Crippen LogP contribution is -2.29. The predicted octanol–water partition coefficient (Wildman–Crippen LogP) is 5.68. The van der Waals surface area contributed by atoms with Gasteiger partial charge < -0.3 is 9.47 Å². The molecule has 0 N–H and O–H groups in total. The summed E-state index contributed by atoms with van der Waals surface area (Å²) in [5.74, 6) is 0. The van der Waals surface area contributed by atoms with E-state index in [1.165, 1.54) is 0 Å². The topological polar surface area (TPSA) is 18.5 Å². The van der Waals surface area contributed by atoms with Gasteiger partial charge in [0.25, 0.3) is 0 Å². The van der Waals surface area contributed by atoms with Crippen molar-refractivity contribution in [3.63, 3.8) is 0 Å². The van der Waals surface area contributed by atoms with E-state index in [1.54, 1.807) is 6.07 Å². The van der Waals surface area contributed by atoms with Gasteiger partial charge in [0.2, 0.25) is 0 Å². The van der Waals surface area contributed by atoms with Crippen LogP contribution in [0.25, 0.3) is 10.8 Å². The molecule has 0 saturated heterocycles. The van der Waals surface area contributed by atoms with E-state index in [0.29, 0.717) is 0 Å². The standard InChI is InChI=1S/C17H16F6O2.ClH/c18-16(19,20)10-24-15(25-11-17(21,22)23)8-6-12-5-7-13-3-1-2-4-14(13)9-12;/h1-5,7,9,15H,6,8,10-11H2;1H. The van der Waals surface area contributed by atoms with Crippen molar-refractivity contribution in [2.45, 2.75) is 31.5 Å². The lowest BCUT2D eigenvalue weighted by Gasteiger charge is -2.20. The highest BCUT2D eigenvalue weighted by molar-refractivity contribution is 5.85. The van der Waals surface area contributed by atoms with E-state index in [4.69, 9.17) is 0 Å². The molecule has 2 aromatic rings. The molecule has 26 heavy (non-hydrogen) atoms. The summed E-state index contributed by atoms with van der Waals surface area (Å²) < 4.78 is 82.3. The number of rotatable bonds is 7. The Bertz CT molecular complexity index is 669. The Kier molecular flexibility index (Phi) is 8.17. The first-order chi connectivity index (χ1) is 11.6. The quantitative estimate of drug-likeness (QED) is 0.438. The van der Waals surface area contributed by atoms with Crippen molar-refractivity contribution in [2.75, 3.05) is 13.2 Å². The summed E-state index contributed by atoms with van der Waals surface area (Å²) in [6.07, 6.45) is -10.8. The Morgan fingerprint density at radius 1 is 0.769 bits per heavy atom. The summed E-state index contributed by atoms with van der Waals surface area (Å²) in [5.41, 5.74) is 0.773. The van der Waals surface area contributed by atoms with Gasteiger partial charge in [0.15, 0.2) is 6.29 Å². The molecular weight excluding hydrogens is 386 g/mol. The minimum atomic E-state index is -4.64. The fraction of sp³-hybridized carbons (Fsp3) is 0.412. The van der Waals surface area contributed by atoms with Gasteiger partial charge in [0, 0.05) is 6.42 Å². The molecule has 0 heterocycles. The number of alkyl halides is 6. The minimum absolute atomic E-state index is 0. The van der Waals surface area contributed by atoms with Crippen molar-refractivity contribution >= 4 is 23.2 Å². The van der Waals surface area contributed by atoms with Crippen LogP contribution in [0.1, 0.15) is 12.0 Å². The molecule has 0 unspecified atom stereocenters. The SMILES string of the molecule is Cl.FC(F)(F)COC(CCc1ccc2ccccc2c1)OCC(F)(F)F. The maximum atomic E-state index is 12.2. The fourth-order valence-corrected chi connectivity index (χ4v) is 2.27. The number of halogens is 7. The van der Waals surface area contributed by atoms with Gasteiger partial charge in [-0.05, 0) is 22.8 Å². The number of aryl methyl sites for hydroxylation is 1. The molecule has 0 saturated carbocycles. The molecule has 0 aromatic heterocycles. The first kappa shape index (κ1) is 22.5. The van der Waals surface area contributed by atoms with Gasteiger partial charge in [-0.2, -0.15) is 26.3 Å². The molecule has 0 aliphatic heterocycles. The number of hydrogen-bond donors (Lipinski definition) is 0. The van der Waals surface area contributed by atoms with E-state index in [9.17, 15) is 26.3 Å². The molecule has 2 rings (SSSR count). The number of ether oxygens (including phenoxy) is 2. The summed E-state index contributed by atoms with van der Waals surface area (Å²) >= 11 is 0. The first-order valence-corrected chi connectivity index (χ1v) is 7.47. The van der Waals surface area contributed by atoms with Gasteiger partial charge in [0.05, 0.1) is 0 Å². The van der Waals surface area contributed by atoms with Crippen LogP contribution < -0.4 is 0 Å². The smallest absolute Gasteiger partial charge is 0.343 e. The molecular formula is C17H17ClF6O2. The van der Waals surface area contributed by atoms with Gasteiger partial charge in [-0.3, -0.25) is 0 Å². The normalized spacial score (nSPS) is 12.4. The Morgan fingerprint density at radius 2 is 1.31 bits per heavy atom. The largest absolute Gasteiger partial charge is 0.411 e. The van der Waals surface area contributed by atoms with Gasteiger partial charge in [-0.15, -0.1) is 12.4 Å². The Morgan fingerprint density at radius 3 is 1.85 bits per heavy atom. The molecule has 0 radical (unpaired) electrons. The highest BCUT2D eigenvalue weighted by Gasteiger charge is 2.32. The van der Waals surface area contributed by atoms with Gasteiger partial charge >= 0.3 is 12.4 Å². The monoisotopic (exact) mass is 402 g/mol. The van der Waals surface area contributed by atoms with Crippen molar-refractivity contribution in [1.29, 1.82) is 0 Å².